The van der Waals surface area contributed by atoms with E-state index in [-0.39, 0.29) is 10.7 Å². The van der Waals surface area contributed by atoms with Crippen LogP contribution in [0.2, 0.25) is 5.02 Å². The molecular weight excluding hydrogens is 323 g/mol. The summed E-state index contributed by atoms with van der Waals surface area (Å²) in [6.07, 6.45) is 1.20. The Morgan fingerprint density at radius 3 is 2.67 bits per heavy atom. The molecule has 0 aliphatic heterocycles. The largest absolute Gasteiger partial charge is 0.476 e. The molecule has 0 radical (unpaired) electrons. The van der Waals surface area contributed by atoms with Gasteiger partial charge in [0.2, 0.25) is 0 Å². The van der Waals surface area contributed by atoms with Gasteiger partial charge in [0, 0.05) is 11.2 Å². The quantitative estimate of drug-likeness (QED) is 0.897. The van der Waals surface area contributed by atoms with Gasteiger partial charge in [-0.05, 0) is 30.3 Å². The number of halogens is 2. The summed E-state index contributed by atoms with van der Waals surface area (Å²) in [5.74, 6) is -2.46. The zero-order chi connectivity index (χ0) is 15.6. The van der Waals surface area contributed by atoms with Crippen molar-refractivity contribution >= 4 is 33.3 Å². The zero-order valence-corrected chi connectivity index (χ0v) is 11.8. The minimum absolute atomic E-state index is 0.0408. The summed E-state index contributed by atoms with van der Waals surface area (Å²) in [6, 6.07) is 5.60. The average Bonchev–Trinajstić information content (AvgIpc) is 2.37. The molecule has 0 unspecified atom stereocenters. The lowest BCUT2D eigenvalue weighted by atomic mass is 10.3. The SMILES string of the molecule is O=C(O)c1ncccc1NS(=O)(=O)c1ccc(Cl)cc1F. The third kappa shape index (κ3) is 3.29. The van der Waals surface area contributed by atoms with Gasteiger partial charge in [-0.1, -0.05) is 11.6 Å². The van der Waals surface area contributed by atoms with E-state index in [0.717, 1.165) is 12.1 Å². The van der Waals surface area contributed by atoms with Crippen LogP contribution in [0, 0.1) is 5.82 Å². The lowest BCUT2D eigenvalue weighted by molar-refractivity contribution is 0.0692. The Balaban J connectivity index is 2.45. The number of aromatic nitrogens is 1. The summed E-state index contributed by atoms with van der Waals surface area (Å²) < 4.78 is 39.9. The minimum atomic E-state index is -4.30. The Kier molecular flexibility index (Phi) is 4.10. The molecule has 0 fully saturated rings. The first-order chi connectivity index (χ1) is 9.81. The molecule has 2 N–H and O–H groups in total. The Hall–Kier alpha value is -2.19. The molecule has 0 saturated heterocycles. The monoisotopic (exact) mass is 330 g/mol. The van der Waals surface area contributed by atoms with E-state index >= 15 is 0 Å². The van der Waals surface area contributed by atoms with E-state index in [4.69, 9.17) is 16.7 Å². The number of hydrogen-bond acceptors (Lipinski definition) is 4. The van der Waals surface area contributed by atoms with Crippen molar-refractivity contribution in [3.63, 3.8) is 0 Å². The van der Waals surface area contributed by atoms with Gasteiger partial charge in [0.25, 0.3) is 10.0 Å². The van der Waals surface area contributed by atoms with Gasteiger partial charge in [-0.3, -0.25) is 4.72 Å². The average molecular weight is 331 g/mol. The number of pyridine rings is 1. The molecule has 6 nitrogen and oxygen atoms in total. The number of nitrogens with zero attached hydrogens (tertiary/aromatic N) is 1. The van der Waals surface area contributed by atoms with Crippen LogP contribution in [0.5, 0.6) is 0 Å². The Bertz CT molecular complexity index is 811. The molecule has 2 rings (SSSR count). The Labute approximate surface area is 124 Å². The summed E-state index contributed by atoms with van der Waals surface area (Å²) >= 11 is 5.55. The van der Waals surface area contributed by atoms with Crippen molar-refractivity contribution in [1.82, 2.24) is 4.98 Å². The third-order valence-corrected chi connectivity index (χ3v) is 4.07. The van der Waals surface area contributed by atoms with E-state index < -0.39 is 32.4 Å². The molecule has 0 atom stereocenters. The molecule has 0 aliphatic carbocycles. The first-order valence-corrected chi connectivity index (χ1v) is 7.33. The van der Waals surface area contributed by atoms with Gasteiger partial charge in [0.05, 0.1) is 5.69 Å². The number of carboxylic acid groups (broad SMARTS) is 1. The molecule has 0 spiro atoms. The third-order valence-electron chi connectivity index (χ3n) is 2.44. The van der Waals surface area contributed by atoms with Gasteiger partial charge in [-0.2, -0.15) is 0 Å². The van der Waals surface area contributed by atoms with E-state index in [1.165, 1.54) is 24.4 Å². The molecule has 1 aromatic carbocycles. The van der Waals surface area contributed by atoms with E-state index in [1.54, 1.807) is 0 Å². The fourth-order valence-corrected chi connectivity index (χ4v) is 2.84. The van der Waals surface area contributed by atoms with Crippen molar-refractivity contribution in [2.45, 2.75) is 4.90 Å². The number of benzene rings is 1. The van der Waals surface area contributed by atoms with Crippen LogP contribution in [0.25, 0.3) is 0 Å². The topological polar surface area (TPSA) is 96.4 Å². The molecule has 9 heteroatoms. The summed E-state index contributed by atoms with van der Waals surface area (Å²) in [5, 5.41) is 8.98. The van der Waals surface area contributed by atoms with Gasteiger partial charge < -0.3 is 5.11 Å². The second-order valence-corrected chi connectivity index (χ2v) is 5.97. The number of rotatable bonds is 4. The van der Waals surface area contributed by atoms with Crippen molar-refractivity contribution in [2.75, 3.05) is 4.72 Å². The lowest BCUT2D eigenvalue weighted by Gasteiger charge is -2.10. The first-order valence-electron chi connectivity index (χ1n) is 5.47. The molecule has 110 valence electrons. The maximum absolute atomic E-state index is 13.7. The highest BCUT2D eigenvalue weighted by Crippen LogP contribution is 2.22. The number of anilines is 1. The molecule has 21 heavy (non-hydrogen) atoms. The number of hydrogen-bond donors (Lipinski definition) is 2. The summed E-state index contributed by atoms with van der Waals surface area (Å²) in [6.45, 7) is 0. The Morgan fingerprint density at radius 2 is 2.05 bits per heavy atom. The van der Waals surface area contributed by atoms with Gasteiger partial charge in [0.1, 0.15) is 10.7 Å². The maximum Gasteiger partial charge on any atom is 0.356 e. The zero-order valence-electron chi connectivity index (χ0n) is 10.2. The van der Waals surface area contributed by atoms with Crippen LogP contribution in [0.15, 0.2) is 41.4 Å². The second kappa shape index (κ2) is 5.66. The number of carboxylic acids is 1. The fraction of sp³-hybridized carbons (Fsp3) is 0. The molecule has 0 amide bonds. The smallest absolute Gasteiger partial charge is 0.356 e. The highest BCUT2D eigenvalue weighted by molar-refractivity contribution is 7.92. The summed E-state index contributed by atoms with van der Waals surface area (Å²) in [7, 11) is -4.30. The standard InChI is InChI=1S/C12H8ClFN2O4S/c13-7-3-4-10(8(14)6-7)21(19,20)16-9-2-1-5-15-11(9)12(17)18/h1-6,16H,(H,17,18). The molecule has 0 saturated carbocycles. The highest BCUT2D eigenvalue weighted by atomic mass is 35.5. The van der Waals surface area contributed by atoms with Crippen molar-refractivity contribution < 1.29 is 22.7 Å². The minimum Gasteiger partial charge on any atom is -0.476 e. The molecule has 0 bridgehead atoms. The van der Waals surface area contributed by atoms with Gasteiger partial charge in [-0.25, -0.2) is 22.6 Å². The van der Waals surface area contributed by atoms with Crippen LogP contribution in [0.1, 0.15) is 10.5 Å². The predicted molar refractivity (Wildman–Crippen MR) is 73.4 cm³/mol. The summed E-state index contributed by atoms with van der Waals surface area (Å²) in [4.78, 5) is 13.9. The molecule has 2 aromatic rings. The predicted octanol–water partition coefficient (Wildman–Crippen LogP) is 2.37. The second-order valence-electron chi connectivity index (χ2n) is 3.88. The molecule has 0 aliphatic rings. The van der Waals surface area contributed by atoms with E-state index in [1.807, 2.05) is 4.72 Å². The number of carbonyl (C=O) groups is 1. The van der Waals surface area contributed by atoms with Crippen molar-refractivity contribution in [3.8, 4) is 0 Å². The van der Waals surface area contributed by atoms with Crippen LogP contribution >= 0.6 is 11.6 Å². The normalized spacial score (nSPS) is 11.1. The van der Waals surface area contributed by atoms with E-state index in [0.29, 0.717) is 0 Å². The highest BCUT2D eigenvalue weighted by Gasteiger charge is 2.22. The van der Waals surface area contributed by atoms with Gasteiger partial charge >= 0.3 is 5.97 Å². The molecular formula is C12H8ClFN2O4S. The van der Waals surface area contributed by atoms with Gasteiger partial charge in [0.15, 0.2) is 5.69 Å². The maximum atomic E-state index is 13.7. The van der Waals surface area contributed by atoms with Crippen molar-refractivity contribution in [1.29, 1.82) is 0 Å². The Morgan fingerprint density at radius 1 is 1.33 bits per heavy atom. The number of aromatic carboxylic acids is 1. The van der Waals surface area contributed by atoms with Crippen molar-refractivity contribution in [3.05, 3.63) is 53.1 Å². The fourth-order valence-electron chi connectivity index (χ4n) is 1.55. The van der Waals surface area contributed by atoms with Gasteiger partial charge in [-0.15, -0.1) is 0 Å². The molecule has 1 heterocycles. The van der Waals surface area contributed by atoms with Crippen LogP contribution in [-0.4, -0.2) is 24.5 Å². The lowest BCUT2D eigenvalue weighted by Crippen LogP contribution is -2.17. The van der Waals surface area contributed by atoms with Crippen LogP contribution in [0.4, 0.5) is 10.1 Å². The van der Waals surface area contributed by atoms with Crippen LogP contribution in [-0.2, 0) is 10.0 Å². The number of nitrogens with one attached hydrogen (secondary N) is 1. The van der Waals surface area contributed by atoms with E-state index in [9.17, 15) is 17.6 Å². The van der Waals surface area contributed by atoms with Crippen molar-refractivity contribution in [2.24, 2.45) is 0 Å². The van der Waals surface area contributed by atoms with E-state index in [2.05, 4.69) is 4.98 Å². The van der Waals surface area contributed by atoms with Crippen LogP contribution < -0.4 is 4.72 Å². The molecule has 1 aromatic heterocycles. The summed E-state index contributed by atoms with van der Waals surface area (Å²) in [5.41, 5.74) is -0.755. The van der Waals surface area contributed by atoms with Crippen LogP contribution in [0.3, 0.4) is 0 Å². The first kappa shape index (κ1) is 15.2. The number of sulfonamides is 1.